The maximum absolute atomic E-state index is 3.73. The van der Waals surface area contributed by atoms with Gasteiger partial charge in [0.05, 0.1) is 17.1 Å². The number of aryl methyl sites for hydroxylation is 2. The Labute approximate surface area is 346 Å². The maximum atomic E-state index is 3.73. The highest BCUT2D eigenvalue weighted by Crippen LogP contribution is 2.50. The molecule has 0 fully saturated rings. The van der Waals surface area contributed by atoms with E-state index in [0.29, 0.717) is 0 Å². The lowest BCUT2D eigenvalue weighted by Gasteiger charge is -2.29. The smallest absolute Gasteiger partial charge is 0.0630 e. The van der Waals surface area contributed by atoms with Crippen molar-refractivity contribution in [2.45, 2.75) is 64.3 Å². The minimum Gasteiger partial charge on any atom is -0.355 e. The summed E-state index contributed by atoms with van der Waals surface area (Å²) in [7, 11) is 0. The van der Waals surface area contributed by atoms with Crippen molar-refractivity contribution >= 4 is 60.6 Å². The molecule has 1 aliphatic heterocycles. The van der Waals surface area contributed by atoms with Crippen LogP contribution in [0.2, 0.25) is 0 Å². The van der Waals surface area contributed by atoms with Gasteiger partial charge in [-0.3, -0.25) is 0 Å². The first kappa shape index (κ1) is 35.6. The molecule has 3 nitrogen and oxygen atoms in total. The molecule has 11 rings (SSSR count). The van der Waals surface area contributed by atoms with E-state index in [1.54, 1.807) is 0 Å². The van der Waals surface area contributed by atoms with Gasteiger partial charge in [-0.15, -0.1) is 0 Å². The molecule has 59 heavy (non-hydrogen) atoms. The van der Waals surface area contributed by atoms with Gasteiger partial charge in [0.25, 0.3) is 0 Å². The number of rotatable bonds is 10. The van der Waals surface area contributed by atoms with Crippen LogP contribution in [0.3, 0.4) is 0 Å². The van der Waals surface area contributed by atoms with E-state index in [4.69, 9.17) is 0 Å². The van der Waals surface area contributed by atoms with E-state index in [1.807, 2.05) is 0 Å². The van der Waals surface area contributed by atoms with Gasteiger partial charge in [0, 0.05) is 55.6 Å². The summed E-state index contributed by atoms with van der Waals surface area (Å²) in [6.45, 7) is 4.55. The standard InChI is InChI=1S/C56H49N3/c1-3-5-13-37-19-27-53-47(31-37)49-35-41(23-29-55(49)58(53)43-15-9-7-10-16-43)39-21-25-51-45(33-39)46-34-40(22-26-52(46)57-51)42-24-30-56-50(36-42)48-32-38(14-6-4-2)20-28-54(48)59(56)44-17-11-8-12-18-44/h7-12,15-36,49,55,57H,3-6,13-14H2,1-2H3. The Morgan fingerprint density at radius 3 is 1.81 bits per heavy atom. The molecule has 1 N–H and O–H groups in total. The molecule has 2 aliphatic rings. The summed E-state index contributed by atoms with van der Waals surface area (Å²) in [4.78, 5) is 6.28. The summed E-state index contributed by atoms with van der Waals surface area (Å²) in [5.74, 6) is 0.280. The van der Waals surface area contributed by atoms with Gasteiger partial charge >= 0.3 is 0 Å². The summed E-state index contributed by atoms with van der Waals surface area (Å²) in [6.07, 6.45) is 14.4. The van der Waals surface area contributed by atoms with Crippen LogP contribution in [-0.2, 0) is 12.8 Å². The van der Waals surface area contributed by atoms with Gasteiger partial charge < -0.3 is 14.5 Å². The van der Waals surface area contributed by atoms with Crippen molar-refractivity contribution in [3.8, 4) is 16.8 Å². The fourth-order valence-electron chi connectivity index (χ4n) is 9.97. The van der Waals surface area contributed by atoms with Crippen LogP contribution in [0.1, 0.15) is 67.7 Å². The van der Waals surface area contributed by atoms with Gasteiger partial charge in [-0.25, -0.2) is 0 Å². The first-order valence-corrected chi connectivity index (χ1v) is 21.7. The molecular weight excluding hydrogens is 715 g/mol. The molecule has 0 saturated carbocycles. The highest BCUT2D eigenvalue weighted by molar-refractivity contribution is 6.12. The van der Waals surface area contributed by atoms with Gasteiger partial charge in [-0.2, -0.15) is 0 Å². The van der Waals surface area contributed by atoms with Gasteiger partial charge in [0.2, 0.25) is 0 Å². The number of benzene rings is 7. The number of allylic oxidation sites excluding steroid dienone is 2. The van der Waals surface area contributed by atoms with Crippen LogP contribution in [0, 0.1) is 0 Å². The molecule has 3 heterocycles. The fraction of sp³-hybridized carbons (Fsp3) is 0.179. The minimum atomic E-state index is 0.249. The van der Waals surface area contributed by atoms with E-state index in [2.05, 4.69) is 198 Å². The zero-order valence-electron chi connectivity index (χ0n) is 34.0. The summed E-state index contributed by atoms with van der Waals surface area (Å²) in [5, 5.41) is 5.14. The van der Waals surface area contributed by atoms with Crippen LogP contribution < -0.4 is 4.90 Å². The maximum Gasteiger partial charge on any atom is 0.0630 e. The molecular formula is C56H49N3. The van der Waals surface area contributed by atoms with E-state index < -0.39 is 0 Å². The fourth-order valence-corrected chi connectivity index (χ4v) is 9.97. The third-order valence-electron chi connectivity index (χ3n) is 13.0. The molecule has 0 radical (unpaired) electrons. The van der Waals surface area contributed by atoms with Gasteiger partial charge in [-0.1, -0.05) is 118 Å². The van der Waals surface area contributed by atoms with Crippen molar-refractivity contribution in [1.29, 1.82) is 0 Å². The third kappa shape index (κ3) is 6.11. The second-order valence-corrected chi connectivity index (χ2v) is 16.7. The monoisotopic (exact) mass is 763 g/mol. The number of nitrogens with zero attached hydrogens (tertiary/aromatic N) is 2. The Morgan fingerprint density at radius 1 is 0.525 bits per heavy atom. The molecule has 0 spiro atoms. The molecule has 7 aromatic carbocycles. The van der Waals surface area contributed by atoms with E-state index in [9.17, 15) is 0 Å². The predicted octanol–water partition coefficient (Wildman–Crippen LogP) is 15.0. The first-order valence-electron chi connectivity index (χ1n) is 21.7. The third-order valence-corrected chi connectivity index (χ3v) is 13.0. The molecule has 1 aliphatic carbocycles. The van der Waals surface area contributed by atoms with Gasteiger partial charge in [0.15, 0.2) is 0 Å². The largest absolute Gasteiger partial charge is 0.355 e. The lowest BCUT2D eigenvalue weighted by Crippen LogP contribution is -2.28. The molecule has 9 aromatic rings. The number of aromatic nitrogens is 2. The topological polar surface area (TPSA) is 24.0 Å². The van der Waals surface area contributed by atoms with Crippen LogP contribution in [-0.4, -0.2) is 15.6 Å². The Hall–Kier alpha value is -6.58. The van der Waals surface area contributed by atoms with Crippen LogP contribution in [0.25, 0.3) is 66.0 Å². The number of aromatic amines is 1. The van der Waals surface area contributed by atoms with Gasteiger partial charge in [-0.05, 0) is 143 Å². The quantitative estimate of drug-likeness (QED) is 0.147. The van der Waals surface area contributed by atoms with Crippen LogP contribution in [0.4, 0.5) is 11.4 Å². The summed E-state index contributed by atoms with van der Waals surface area (Å²) in [6, 6.07) is 57.2. The number of H-pyrrole nitrogens is 1. The van der Waals surface area contributed by atoms with Crippen molar-refractivity contribution in [2.75, 3.05) is 4.90 Å². The van der Waals surface area contributed by atoms with Gasteiger partial charge in [0.1, 0.15) is 0 Å². The van der Waals surface area contributed by atoms with E-state index in [-0.39, 0.29) is 12.0 Å². The second kappa shape index (κ2) is 14.7. The average Bonchev–Trinajstić information content (AvgIpc) is 3.94. The molecule has 2 unspecified atom stereocenters. The number of nitrogens with one attached hydrogen (secondary N) is 1. The molecule has 288 valence electrons. The van der Waals surface area contributed by atoms with Crippen molar-refractivity contribution in [3.63, 3.8) is 0 Å². The molecule has 3 heteroatoms. The van der Waals surface area contributed by atoms with Crippen LogP contribution in [0.5, 0.6) is 0 Å². The molecule has 2 aromatic heterocycles. The molecule has 0 amide bonds. The summed E-state index contributed by atoms with van der Waals surface area (Å²) in [5.41, 5.74) is 17.9. The van der Waals surface area contributed by atoms with E-state index in [0.717, 1.165) is 12.8 Å². The van der Waals surface area contributed by atoms with Crippen LogP contribution in [0.15, 0.2) is 170 Å². The number of para-hydroxylation sites is 2. The zero-order chi connectivity index (χ0) is 39.5. The number of anilines is 2. The molecule has 0 saturated heterocycles. The van der Waals surface area contributed by atoms with Crippen LogP contribution >= 0.6 is 0 Å². The number of hydrogen-bond donors (Lipinski definition) is 1. The Kier molecular flexibility index (Phi) is 8.84. The van der Waals surface area contributed by atoms with E-state index in [1.165, 1.54) is 125 Å². The van der Waals surface area contributed by atoms with Crippen molar-refractivity contribution in [1.82, 2.24) is 9.55 Å². The predicted molar refractivity (Wildman–Crippen MR) is 251 cm³/mol. The van der Waals surface area contributed by atoms with Crippen molar-refractivity contribution in [3.05, 3.63) is 192 Å². The number of hydrogen-bond acceptors (Lipinski definition) is 1. The highest BCUT2D eigenvalue weighted by atomic mass is 15.2. The highest BCUT2D eigenvalue weighted by Gasteiger charge is 2.38. The first-order chi connectivity index (χ1) is 29.1. The normalized spacial score (nSPS) is 16.0. The minimum absolute atomic E-state index is 0.249. The number of unbranched alkanes of at least 4 members (excludes halogenated alkanes) is 2. The number of fused-ring (bicyclic) bond motifs is 9. The van der Waals surface area contributed by atoms with Crippen molar-refractivity contribution < 1.29 is 0 Å². The Bertz CT molecular complexity index is 3090. The summed E-state index contributed by atoms with van der Waals surface area (Å²) < 4.78 is 2.42. The lowest BCUT2D eigenvalue weighted by molar-refractivity contribution is 0.745. The average molecular weight is 764 g/mol. The molecule has 2 atom stereocenters. The molecule has 0 bridgehead atoms. The SMILES string of the molecule is CCCCc1ccc2c(c1)C1C=C(c3ccc4[nH]c5ccc(-c6ccc7c(c6)c6cc(CCCC)ccc6n7-c6ccccc6)cc5c4c3)C=CC1N2c1ccccc1. The Balaban J connectivity index is 0.988. The lowest BCUT2D eigenvalue weighted by atomic mass is 9.85. The Morgan fingerprint density at radius 2 is 1.10 bits per heavy atom. The summed E-state index contributed by atoms with van der Waals surface area (Å²) >= 11 is 0. The van der Waals surface area contributed by atoms with Crippen molar-refractivity contribution in [2.24, 2.45) is 0 Å². The van der Waals surface area contributed by atoms with E-state index >= 15 is 0 Å². The zero-order valence-corrected chi connectivity index (χ0v) is 34.0. The second-order valence-electron chi connectivity index (χ2n) is 16.7.